The lowest BCUT2D eigenvalue weighted by Crippen LogP contribution is -2.13. The van der Waals surface area contributed by atoms with Crippen LogP contribution in [0.1, 0.15) is 135 Å². The first-order chi connectivity index (χ1) is 12.6. The summed E-state index contributed by atoms with van der Waals surface area (Å²) in [5, 5.41) is 0. The molecule has 0 aliphatic carbocycles. The standard InChI is InChI=1S/C22H45F3Si/c1-2-3-4-5-6-7-8-9-10-11-12-13-14-15-16-17-18-19-20-21-22-26(23,24)25/h2-22H2,1H3. The first-order valence-corrected chi connectivity index (χ1v) is 13.5. The average Bonchev–Trinajstić information content (AvgIpc) is 2.59. The summed E-state index contributed by atoms with van der Waals surface area (Å²) in [6.07, 6.45) is 25.3. The summed E-state index contributed by atoms with van der Waals surface area (Å²) in [5.74, 6) is 0. The fraction of sp³-hybridized carbons (Fsp3) is 1.00. The Hall–Kier alpha value is 0.00688. The Kier molecular flexibility index (Phi) is 19.8. The molecule has 0 aromatic rings. The van der Waals surface area contributed by atoms with E-state index in [2.05, 4.69) is 6.92 Å². The van der Waals surface area contributed by atoms with Crippen LogP contribution in [0.2, 0.25) is 6.04 Å². The van der Waals surface area contributed by atoms with E-state index in [4.69, 9.17) is 0 Å². The lowest BCUT2D eigenvalue weighted by molar-refractivity contribution is 0.458. The van der Waals surface area contributed by atoms with E-state index >= 15 is 0 Å². The molecule has 158 valence electrons. The quantitative estimate of drug-likeness (QED) is 0.103. The van der Waals surface area contributed by atoms with Crippen molar-refractivity contribution in [3.05, 3.63) is 0 Å². The summed E-state index contributed by atoms with van der Waals surface area (Å²) < 4.78 is 36.4. The third-order valence-corrected chi connectivity index (χ3v) is 6.23. The highest BCUT2D eigenvalue weighted by Crippen LogP contribution is 2.20. The minimum absolute atomic E-state index is 0.370. The predicted octanol–water partition coefficient (Wildman–Crippen LogP) is 9.66. The second-order valence-corrected chi connectivity index (χ2v) is 9.81. The number of unbranched alkanes of at least 4 members (excludes halogenated alkanes) is 19. The molecule has 0 rings (SSSR count). The van der Waals surface area contributed by atoms with Gasteiger partial charge < -0.3 is 0 Å². The average molecular weight is 395 g/mol. The normalized spacial score (nSPS) is 12.0. The molecule has 0 unspecified atom stereocenters. The van der Waals surface area contributed by atoms with E-state index in [0.717, 1.165) is 19.3 Å². The molecule has 0 fully saturated rings. The Bertz CT molecular complexity index is 267. The first-order valence-electron chi connectivity index (χ1n) is 11.6. The summed E-state index contributed by atoms with van der Waals surface area (Å²) in [6, 6.07) is -0.466. The maximum Gasteiger partial charge on any atom is 0.616 e. The summed E-state index contributed by atoms with van der Waals surface area (Å²) in [4.78, 5) is 0. The minimum atomic E-state index is -5.27. The Morgan fingerprint density at radius 2 is 0.615 bits per heavy atom. The molecule has 0 aromatic heterocycles. The lowest BCUT2D eigenvalue weighted by atomic mass is 10.0. The molecular formula is C22H45F3Si. The summed E-state index contributed by atoms with van der Waals surface area (Å²) in [5.41, 5.74) is 0. The van der Waals surface area contributed by atoms with Crippen molar-refractivity contribution in [3.8, 4) is 0 Å². The number of hydrogen-bond acceptors (Lipinski definition) is 0. The van der Waals surface area contributed by atoms with Crippen LogP contribution in [0.15, 0.2) is 0 Å². The topological polar surface area (TPSA) is 0 Å². The van der Waals surface area contributed by atoms with Crippen LogP contribution in [0.5, 0.6) is 0 Å². The van der Waals surface area contributed by atoms with Gasteiger partial charge in [0.1, 0.15) is 0 Å². The van der Waals surface area contributed by atoms with Crippen molar-refractivity contribution in [2.24, 2.45) is 0 Å². The Labute approximate surface area is 163 Å². The van der Waals surface area contributed by atoms with E-state index in [0.29, 0.717) is 6.42 Å². The van der Waals surface area contributed by atoms with Gasteiger partial charge in [-0.2, -0.15) is 0 Å². The minimum Gasteiger partial charge on any atom is -0.238 e. The van der Waals surface area contributed by atoms with Gasteiger partial charge in [0.15, 0.2) is 0 Å². The molecule has 0 aromatic carbocycles. The molecule has 0 heterocycles. The summed E-state index contributed by atoms with van der Waals surface area (Å²) in [6.45, 7) is 2.27. The van der Waals surface area contributed by atoms with Gasteiger partial charge in [-0.25, -0.2) is 12.3 Å². The molecular weight excluding hydrogens is 349 g/mol. The van der Waals surface area contributed by atoms with Crippen molar-refractivity contribution in [2.75, 3.05) is 0 Å². The van der Waals surface area contributed by atoms with Crippen molar-refractivity contribution in [1.82, 2.24) is 0 Å². The van der Waals surface area contributed by atoms with E-state index in [1.807, 2.05) is 0 Å². The molecule has 0 aliphatic rings. The predicted molar refractivity (Wildman–Crippen MR) is 112 cm³/mol. The van der Waals surface area contributed by atoms with Gasteiger partial charge in [0.2, 0.25) is 0 Å². The number of halogens is 3. The third kappa shape index (κ3) is 24.0. The van der Waals surface area contributed by atoms with Crippen LogP contribution in [-0.4, -0.2) is 9.08 Å². The first kappa shape index (κ1) is 26.0. The van der Waals surface area contributed by atoms with Crippen LogP contribution in [0.3, 0.4) is 0 Å². The van der Waals surface area contributed by atoms with Crippen LogP contribution < -0.4 is 0 Å². The van der Waals surface area contributed by atoms with Gasteiger partial charge in [-0.05, 0) is 6.42 Å². The lowest BCUT2D eigenvalue weighted by Gasteiger charge is -2.04. The van der Waals surface area contributed by atoms with E-state index < -0.39 is 15.1 Å². The SMILES string of the molecule is CCCCCCCCCCCCCCCCCCCCCC[Si](F)(F)F. The van der Waals surface area contributed by atoms with Crippen molar-refractivity contribution in [2.45, 2.75) is 141 Å². The maximum absolute atomic E-state index is 12.1. The van der Waals surface area contributed by atoms with Crippen molar-refractivity contribution < 1.29 is 12.3 Å². The van der Waals surface area contributed by atoms with Crippen LogP contribution >= 0.6 is 0 Å². The van der Waals surface area contributed by atoms with Gasteiger partial charge in [0.25, 0.3) is 0 Å². The Morgan fingerprint density at radius 3 is 0.846 bits per heavy atom. The zero-order chi connectivity index (χ0) is 19.3. The van der Waals surface area contributed by atoms with Crippen LogP contribution in [0.25, 0.3) is 0 Å². The number of rotatable bonds is 21. The molecule has 26 heavy (non-hydrogen) atoms. The number of hydrogen-bond donors (Lipinski definition) is 0. The van der Waals surface area contributed by atoms with Gasteiger partial charge >= 0.3 is 9.08 Å². The molecule has 0 N–H and O–H groups in total. The van der Waals surface area contributed by atoms with Crippen LogP contribution in [0.4, 0.5) is 12.3 Å². The molecule has 0 amide bonds. The smallest absolute Gasteiger partial charge is 0.238 e. The Balaban J connectivity index is 3.01. The highest BCUT2D eigenvalue weighted by molar-refractivity contribution is 6.58. The molecule has 0 radical (unpaired) electrons. The zero-order valence-electron chi connectivity index (χ0n) is 17.5. The fourth-order valence-electron chi connectivity index (χ4n) is 3.58. The highest BCUT2D eigenvalue weighted by atomic mass is 28.5. The van der Waals surface area contributed by atoms with E-state index in [1.54, 1.807) is 0 Å². The van der Waals surface area contributed by atoms with Crippen molar-refractivity contribution in [3.63, 3.8) is 0 Å². The monoisotopic (exact) mass is 394 g/mol. The molecule has 0 aliphatic heterocycles. The van der Waals surface area contributed by atoms with Crippen LogP contribution in [0, 0.1) is 0 Å². The summed E-state index contributed by atoms with van der Waals surface area (Å²) in [7, 11) is -5.27. The largest absolute Gasteiger partial charge is 0.616 e. The van der Waals surface area contributed by atoms with Gasteiger partial charge in [0, 0.05) is 6.04 Å². The molecule has 0 saturated carbocycles. The van der Waals surface area contributed by atoms with Crippen molar-refractivity contribution >= 4 is 9.08 Å². The summed E-state index contributed by atoms with van der Waals surface area (Å²) >= 11 is 0. The maximum atomic E-state index is 12.1. The fourth-order valence-corrected chi connectivity index (χ4v) is 4.23. The molecule has 4 heteroatoms. The van der Waals surface area contributed by atoms with Crippen molar-refractivity contribution in [1.29, 1.82) is 0 Å². The van der Waals surface area contributed by atoms with Gasteiger partial charge in [-0.1, -0.05) is 129 Å². The van der Waals surface area contributed by atoms with Crippen LogP contribution in [-0.2, 0) is 0 Å². The van der Waals surface area contributed by atoms with Gasteiger partial charge in [-0.3, -0.25) is 0 Å². The molecule has 0 nitrogen and oxygen atoms in total. The van der Waals surface area contributed by atoms with E-state index in [9.17, 15) is 12.3 Å². The third-order valence-electron chi connectivity index (χ3n) is 5.31. The molecule has 0 atom stereocenters. The second kappa shape index (κ2) is 19.8. The molecule has 0 saturated heterocycles. The van der Waals surface area contributed by atoms with E-state index in [-0.39, 0.29) is 0 Å². The highest BCUT2D eigenvalue weighted by Gasteiger charge is 2.35. The molecule has 0 spiro atoms. The Morgan fingerprint density at radius 1 is 0.385 bits per heavy atom. The van der Waals surface area contributed by atoms with Gasteiger partial charge in [0.05, 0.1) is 0 Å². The van der Waals surface area contributed by atoms with E-state index in [1.165, 1.54) is 103 Å². The second-order valence-electron chi connectivity index (χ2n) is 8.08. The molecule has 0 bridgehead atoms. The zero-order valence-corrected chi connectivity index (χ0v) is 18.5. The van der Waals surface area contributed by atoms with Gasteiger partial charge in [-0.15, -0.1) is 0 Å².